The van der Waals surface area contributed by atoms with Gasteiger partial charge in [-0.2, -0.15) is 0 Å². The van der Waals surface area contributed by atoms with Crippen molar-refractivity contribution in [3.8, 4) is 11.1 Å². The van der Waals surface area contributed by atoms with Crippen LogP contribution in [0.5, 0.6) is 0 Å². The summed E-state index contributed by atoms with van der Waals surface area (Å²) in [6.45, 7) is -0.119. The summed E-state index contributed by atoms with van der Waals surface area (Å²) in [6, 6.07) is 14.3. The fourth-order valence-corrected chi connectivity index (χ4v) is 5.53. The van der Waals surface area contributed by atoms with Gasteiger partial charge in [-0.1, -0.05) is 48.5 Å². The number of carboxylic acid groups (broad SMARTS) is 1. The average Bonchev–Trinajstić information content (AvgIpc) is 3.53. The highest BCUT2D eigenvalue weighted by Crippen LogP contribution is 2.44. The Bertz CT molecular complexity index is 1190. The monoisotopic (exact) mass is 486 g/mol. The number of hydrogen-bond acceptors (Lipinski definition) is 6. The molecule has 0 heterocycles. The second kappa shape index (κ2) is 9.09. The number of hydrogen-bond donors (Lipinski definition) is 3. The van der Waals surface area contributed by atoms with Crippen molar-refractivity contribution in [1.82, 2.24) is 10.6 Å². The highest BCUT2D eigenvalue weighted by molar-refractivity contribution is 7.92. The molecule has 0 bridgehead atoms. The maximum absolute atomic E-state index is 12.6. The molecule has 2 aliphatic carbocycles. The number of nitrogens with one attached hydrogen (secondary N) is 2. The maximum Gasteiger partial charge on any atom is 0.407 e. The molecule has 34 heavy (non-hydrogen) atoms. The van der Waals surface area contributed by atoms with Crippen molar-refractivity contribution in [1.29, 1.82) is 0 Å². The smallest absolute Gasteiger partial charge is 0.407 e. The molecule has 1 unspecified atom stereocenters. The predicted octanol–water partition coefficient (Wildman–Crippen LogP) is 2.06. The summed E-state index contributed by atoms with van der Waals surface area (Å²) in [6.07, 6.45) is 0.371. The quantitative estimate of drug-likeness (QED) is 0.493. The molecule has 1 atom stereocenters. The van der Waals surface area contributed by atoms with Crippen molar-refractivity contribution < 1.29 is 32.6 Å². The van der Waals surface area contributed by atoms with Crippen LogP contribution in [-0.2, 0) is 24.2 Å². The van der Waals surface area contributed by atoms with Gasteiger partial charge >= 0.3 is 12.1 Å². The van der Waals surface area contributed by atoms with E-state index in [1.807, 2.05) is 48.5 Å². The Morgan fingerprint density at radius 1 is 1.06 bits per heavy atom. The molecular formula is C24H26N2O7S. The fraction of sp³-hybridized carbons (Fsp3) is 0.375. The van der Waals surface area contributed by atoms with Crippen molar-refractivity contribution in [3.05, 3.63) is 59.7 Å². The molecule has 0 saturated heterocycles. The van der Waals surface area contributed by atoms with Gasteiger partial charge in [0.1, 0.15) is 12.6 Å². The van der Waals surface area contributed by atoms with Gasteiger partial charge in [0.2, 0.25) is 5.91 Å². The van der Waals surface area contributed by atoms with Crippen LogP contribution in [0.25, 0.3) is 11.1 Å². The predicted molar refractivity (Wildman–Crippen MR) is 124 cm³/mol. The van der Waals surface area contributed by atoms with Gasteiger partial charge in [-0.25, -0.2) is 13.2 Å². The third-order valence-electron chi connectivity index (χ3n) is 6.51. The van der Waals surface area contributed by atoms with E-state index in [1.54, 1.807) is 0 Å². The van der Waals surface area contributed by atoms with Crippen LogP contribution in [0.3, 0.4) is 0 Å². The summed E-state index contributed by atoms with van der Waals surface area (Å²) in [7, 11) is -3.37. The molecule has 0 radical (unpaired) electrons. The zero-order valence-electron chi connectivity index (χ0n) is 18.6. The highest BCUT2D eigenvalue weighted by atomic mass is 32.2. The molecule has 180 valence electrons. The number of carbonyl (C=O) groups is 3. The Hall–Kier alpha value is -3.40. The summed E-state index contributed by atoms with van der Waals surface area (Å²) in [4.78, 5) is 36.3. The zero-order valence-corrected chi connectivity index (χ0v) is 19.4. The summed E-state index contributed by atoms with van der Waals surface area (Å²) in [5.41, 5.74) is 4.17. The maximum atomic E-state index is 12.6. The number of fused-ring (bicyclic) bond motifs is 3. The highest BCUT2D eigenvalue weighted by Gasteiger charge is 2.52. The lowest BCUT2D eigenvalue weighted by Gasteiger charge is -2.20. The first-order valence-corrected chi connectivity index (χ1v) is 12.8. The van der Waals surface area contributed by atoms with E-state index in [1.165, 1.54) is 0 Å². The normalized spacial score (nSPS) is 16.6. The summed E-state index contributed by atoms with van der Waals surface area (Å²) in [5.74, 6) is -2.25. The van der Waals surface area contributed by atoms with Gasteiger partial charge in [-0.15, -0.1) is 0 Å². The minimum atomic E-state index is -3.37. The fourth-order valence-electron chi connectivity index (χ4n) is 4.36. The average molecular weight is 487 g/mol. The third kappa shape index (κ3) is 4.77. The van der Waals surface area contributed by atoms with Crippen molar-refractivity contribution in [2.75, 3.05) is 19.4 Å². The van der Waals surface area contributed by atoms with Gasteiger partial charge in [-0.3, -0.25) is 9.59 Å². The standard InChI is InChI=1S/C24H26N2O7S/c1-34(31,32)24(10-11-24)14-25-22(29)20(12-21(27)28)26-23(30)33-13-19-17-8-4-2-6-15(17)16-7-3-5-9-18(16)19/h2-9,19-20H,10-14H2,1H3,(H,25,29)(H,26,30)(H,27,28). The molecule has 10 heteroatoms. The van der Waals surface area contributed by atoms with Crippen LogP contribution in [0.15, 0.2) is 48.5 Å². The summed E-state index contributed by atoms with van der Waals surface area (Å²) >= 11 is 0. The third-order valence-corrected chi connectivity index (χ3v) is 8.64. The van der Waals surface area contributed by atoms with Crippen molar-refractivity contribution in [2.24, 2.45) is 0 Å². The molecule has 1 saturated carbocycles. The largest absolute Gasteiger partial charge is 0.481 e. The van der Waals surface area contributed by atoms with E-state index in [2.05, 4.69) is 10.6 Å². The lowest BCUT2D eigenvalue weighted by Crippen LogP contribution is -2.50. The minimum absolute atomic E-state index is 0.0124. The van der Waals surface area contributed by atoms with Gasteiger partial charge < -0.3 is 20.5 Å². The van der Waals surface area contributed by atoms with E-state index >= 15 is 0 Å². The lowest BCUT2D eigenvalue weighted by atomic mass is 9.98. The van der Waals surface area contributed by atoms with E-state index in [-0.39, 0.29) is 19.1 Å². The molecule has 2 aromatic carbocycles. The van der Waals surface area contributed by atoms with Crippen LogP contribution in [-0.4, -0.2) is 61.7 Å². The minimum Gasteiger partial charge on any atom is -0.481 e. The molecule has 2 aliphatic rings. The molecule has 1 fully saturated rings. The molecule has 2 aromatic rings. The lowest BCUT2D eigenvalue weighted by molar-refractivity contribution is -0.139. The van der Waals surface area contributed by atoms with Crippen LogP contribution in [0.1, 0.15) is 36.3 Å². The van der Waals surface area contributed by atoms with Crippen LogP contribution in [0.2, 0.25) is 0 Å². The number of ether oxygens (including phenoxy) is 1. The first-order chi connectivity index (χ1) is 16.1. The summed E-state index contributed by atoms with van der Waals surface area (Å²) in [5, 5.41) is 14.0. The zero-order chi connectivity index (χ0) is 24.5. The van der Waals surface area contributed by atoms with Crippen molar-refractivity contribution in [3.63, 3.8) is 0 Å². The number of benzene rings is 2. The second-order valence-corrected chi connectivity index (χ2v) is 11.2. The van der Waals surface area contributed by atoms with Gasteiger partial charge in [0.05, 0.1) is 11.2 Å². The van der Waals surface area contributed by atoms with E-state index in [4.69, 9.17) is 9.84 Å². The Balaban J connectivity index is 1.39. The van der Waals surface area contributed by atoms with Crippen LogP contribution in [0, 0.1) is 0 Å². The van der Waals surface area contributed by atoms with Crippen molar-refractivity contribution >= 4 is 27.8 Å². The van der Waals surface area contributed by atoms with Crippen LogP contribution in [0.4, 0.5) is 4.79 Å². The van der Waals surface area contributed by atoms with Crippen LogP contribution >= 0.6 is 0 Å². The number of carboxylic acids is 1. The Morgan fingerprint density at radius 2 is 1.62 bits per heavy atom. The molecule has 2 amide bonds. The Kier molecular flexibility index (Phi) is 6.35. The van der Waals surface area contributed by atoms with E-state index < -0.39 is 45.0 Å². The summed E-state index contributed by atoms with van der Waals surface area (Å²) < 4.78 is 28.2. The first kappa shape index (κ1) is 23.7. The van der Waals surface area contributed by atoms with Gasteiger partial charge in [0, 0.05) is 18.7 Å². The number of sulfone groups is 1. The molecule has 3 N–H and O–H groups in total. The Labute approximate surface area is 197 Å². The number of carbonyl (C=O) groups excluding carboxylic acids is 2. The molecular weight excluding hydrogens is 460 g/mol. The molecule has 0 aromatic heterocycles. The first-order valence-electron chi connectivity index (χ1n) is 10.9. The van der Waals surface area contributed by atoms with Crippen LogP contribution < -0.4 is 10.6 Å². The second-order valence-electron chi connectivity index (χ2n) is 8.79. The Morgan fingerprint density at radius 3 is 2.12 bits per heavy atom. The van der Waals surface area contributed by atoms with Gasteiger partial charge in [-0.05, 0) is 35.1 Å². The van der Waals surface area contributed by atoms with Gasteiger partial charge in [0.25, 0.3) is 0 Å². The molecule has 9 nitrogen and oxygen atoms in total. The number of rotatable bonds is 9. The van der Waals surface area contributed by atoms with E-state index in [9.17, 15) is 22.8 Å². The topological polar surface area (TPSA) is 139 Å². The number of aliphatic carboxylic acids is 1. The molecule has 0 aliphatic heterocycles. The SMILES string of the molecule is CS(=O)(=O)C1(CNC(=O)C(CC(=O)O)NC(=O)OCC2c3ccccc3-c3ccccc32)CC1. The van der Waals surface area contributed by atoms with Crippen molar-refractivity contribution in [2.45, 2.75) is 36.0 Å². The van der Waals surface area contributed by atoms with E-state index in [0.717, 1.165) is 28.5 Å². The van der Waals surface area contributed by atoms with E-state index in [0.29, 0.717) is 12.8 Å². The van der Waals surface area contributed by atoms with Gasteiger partial charge in [0.15, 0.2) is 9.84 Å². The number of alkyl carbamates (subject to hydrolysis) is 1. The molecule has 0 spiro atoms. The number of amides is 2. The molecule has 4 rings (SSSR count).